The minimum Gasteiger partial charge on any atom is -0.327 e. The van der Waals surface area contributed by atoms with Gasteiger partial charge in [0.25, 0.3) is 10.0 Å². The molecule has 0 saturated heterocycles. The molecule has 0 aliphatic carbocycles. The number of rotatable bonds is 5. The first-order valence-corrected chi connectivity index (χ1v) is 9.18. The van der Waals surface area contributed by atoms with Crippen LogP contribution in [0.25, 0.3) is 0 Å². The minimum absolute atomic E-state index is 0.156. The molecule has 0 radical (unpaired) electrons. The molecule has 0 unspecified atom stereocenters. The lowest BCUT2D eigenvalue weighted by molar-refractivity contribution is 0.598. The molecule has 1 aromatic heterocycles. The summed E-state index contributed by atoms with van der Waals surface area (Å²) in [5.41, 5.74) is 0.952. The van der Waals surface area contributed by atoms with E-state index in [0.717, 1.165) is 5.56 Å². The summed E-state index contributed by atoms with van der Waals surface area (Å²) < 4.78 is 29.2. The molecule has 0 fully saturated rings. The highest BCUT2D eigenvalue weighted by Gasteiger charge is 2.14. The third-order valence-corrected chi connectivity index (χ3v) is 4.75. The number of hydrogen-bond donors (Lipinski definition) is 1. The Morgan fingerprint density at radius 1 is 0.880 bits per heavy atom. The van der Waals surface area contributed by atoms with Crippen LogP contribution in [-0.4, -0.2) is 19.2 Å². The molecule has 0 aliphatic rings. The van der Waals surface area contributed by atoms with Gasteiger partial charge in [-0.05, 0) is 29.8 Å². The maximum Gasteiger partial charge on any atom is 0.283 e. The van der Waals surface area contributed by atoms with Crippen molar-refractivity contribution >= 4 is 21.7 Å². The summed E-state index contributed by atoms with van der Waals surface area (Å²) in [5, 5.41) is 3.01. The number of nitrogens with zero attached hydrogens (tertiary/aromatic N) is 2. The predicted molar refractivity (Wildman–Crippen MR) is 99.1 cm³/mol. The third-order valence-electron chi connectivity index (χ3n) is 3.42. The normalized spacial score (nSPS) is 11.9. The zero-order valence-electron chi connectivity index (χ0n) is 13.4. The Bertz CT molecular complexity index is 898. The van der Waals surface area contributed by atoms with Crippen LogP contribution in [0.15, 0.2) is 94.4 Å². The molecule has 0 spiro atoms. The van der Waals surface area contributed by atoms with Gasteiger partial charge in [-0.2, -0.15) is 8.42 Å². The maximum absolute atomic E-state index is 12.6. The molecular weight excluding hydrogens is 334 g/mol. The molecule has 0 aliphatic heterocycles. The predicted octanol–water partition coefficient (Wildman–Crippen LogP) is 3.52. The van der Waals surface area contributed by atoms with Gasteiger partial charge < -0.3 is 5.32 Å². The van der Waals surface area contributed by atoms with Crippen molar-refractivity contribution in [3.8, 4) is 0 Å². The molecule has 1 heterocycles. The molecule has 1 N–H and O–H groups in total. The number of aromatic nitrogens is 1. The Labute approximate surface area is 147 Å². The Balaban J connectivity index is 1.95. The second-order valence-electron chi connectivity index (χ2n) is 5.33. The quantitative estimate of drug-likeness (QED) is 0.564. The van der Waals surface area contributed by atoms with E-state index in [1.54, 1.807) is 36.5 Å². The largest absolute Gasteiger partial charge is 0.327 e. The Hall–Kier alpha value is -2.99. The summed E-state index contributed by atoms with van der Waals surface area (Å²) in [6.45, 7) is 0. The van der Waals surface area contributed by atoms with E-state index in [2.05, 4.69) is 14.7 Å². The molecule has 3 aromatic rings. The SMILES string of the molecule is O=S(=O)(N=C(Cc1ccccc1)Nc1ccccn1)c1ccccc1. The molecule has 126 valence electrons. The minimum atomic E-state index is -3.80. The van der Waals surface area contributed by atoms with Crippen LogP contribution in [0.2, 0.25) is 0 Å². The van der Waals surface area contributed by atoms with Crippen molar-refractivity contribution in [1.82, 2.24) is 4.98 Å². The molecule has 0 saturated carbocycles. The summed E-state index contributed by atoms with van der Waals surface area (Å²) >= 11 is 0. The van der Waals surface area contributed by atoms with Crippen molar-refractivity contribution in [1.29, 1.82) is 0 Å². The van der Waals surface area contributed by atoms with Crippen LogP contribution in [0.5, 0.6) is 0 Å². The Kier molecular flexibility index (Phi) is 5.20. The number of hydrogen-bond acceptors (Lipinski definition) is 3. The highest BCUT2D eigenvalue weighted by atomic mass is 32.2. The van der Waals surface area contributed by atoms with Gasteiger partial charge in [-0.25, -0.2) is 4.98 Å². The van der Waals surface area contributed by atoms with Gasteiger partial charge in [-0.1, -0.05) is 54.6 Å². The third kappa shape index (κ3) is 4.74. The molecule has 0 atom stereocenters. The molecule has 0 bridgehead atoms. The van der Waals surface area contributed by atoms with Gasteiger partial charge in [-0.15, -0.1) is 4.40 Å². The highest BCUT2D eigenvalue weighted by Crippen LogP contribution is 2.14. The van der Waals surface area contributed by atoms with E-state index < -0.39 is 10.0 Å². The van der Waals surface area contributed by atoms with E-state index in [-0.39, 0.29) is 4.90 Å². The first-order valence-electron chi connectivity index (χ1n) is 7.74. The average molecular weight is 351 g/mol. The molecular formula is C19H17N3O2S. The zero-order valence-corrected chi connectivity index (χ0v) is 14.2. The summed E-state index contributed by atoms with van der Waals surface area (Å²) in [6, 6.07) is 23.1. The van der Waals surface area contributed by atoms with Crippen molar-refractivity contribution in [3.05, 3.63) is 90.6 Å². The van der Waals surface area contributed by atoms with Gasteiger partial charge in [-0.3, -0.25) is 0 Å². The standard InChI is InChI=1S/C19H17N3O2S/c23-25(24,17-11-5-2-6-12-17)22-19(15-16-9-3-1-4-10-16)21-18-13-7-8-14-20-18/h1-14H,15H2,(H,20,21,22). The van der Waals surface area contributed by atoms with Gasteiger partial charge in [0.15, 0.2) is 0 Å². The van der Waals surface area contributed by atoms with Crippen LogP contribution in [0.1, 0.15) is 5.56 Å². The van der Waals surface area contributed by atoms with Crippen LogP contribution >= 0.6 is 0 Å². The van der Waals surface area contributed by atoms with Crippen LogP contribution in [-0.2, 0) is 16.4 Å². The fraction of sp³-hybridized carbons (Fsp3) is 0.0526. The van der Waals surface area contributed by atoms with Crippen LogP contribution in [0, 0.1) is 0 Å². The molecule has 2 aromatic carbocycles. The average Bonchev–Trinajstić information content (AvgIpc) is 2.64. The Morgan fingerprint density at radius 2 is 1.52 bits per heavy atom. The van der Waals surface area contributed by atoms with Crippen molar-refractivity contribution in [3.63, 3.8) is 0 Å². The van der Waals surface area contributed by atoms with Gasteiger partial charge in [0, 0.05) is 12.6 Å². The molecule has 6 heteroatoms. The number of pyridine rings is 1. The lowest BCUT2D eigenvalue weighted by Crippen LogP contribution is -2.18. The summed E-state index contributed by atoms with van der Waals surface area (Å²) in [6.07, 6.45) is 1.98. The summed E-state index contributed by atoms with van der Waals surface area (Å²) in [4.78, 5) is 4.33. The lowest BCUT2D eigenvalue weighted by atomic mass is 10.1. The number of amidine groups is 1. The number of anilines is 1. The zero-order chi connectivity index (χ0) is 17.5. The molecule has 25 heavy (non-hydrogen) atoms. The van der Waals surface area contributed by atoms with E-state index in [4.69, 9.17) is 0 Å². The van der Waals surface area contributed by atoms with Crippen molar-refractivity contribution in [2.75, 3.05) is 5.32 Å². The van der Waals surface area contributed by atoms with Gasteiger partial charge in [0.05, 0.1) is 4.90 Å². The van der Waals surface area contributed by atoms with E-state index in [1.807, 2.05) is 36.4 Å². The van der Waals surface area contributed by atoms with Crippen LogP contribution in [0.3, 0.4) is 0 Å². The summed E-state index contributed by atoms with van der Waals surface area (Å²) in [5.74, 6) is 0.856. The number of benzene rings is 2. The van der Waals surface area contributed by atoms with Crippen LogP contribution < -0.4 is 5.32 Å². The monoisotopic (exact) mass is 351 g/mol. The van der Waals surface area contributed by atoms with Crippen molar-refractivity contribution in [2.24, 2.45) is 4.40 Å². The smallest absolute Gasteiger partial charge is 0.283 e. The first kappa shape index (κ1) is 16.9. The lowest BCUT2D eigenvalue weighted by Gasteiger charge is -2.10. The topological polar surface area (TPSA) is 71.4 Å². The fourth-order valence-electron chi connectivity index (χ4n) is 2.26. The van der Waals surface area contributed by atoms with Gasteiger partial charge in [0.2, 0.25) is 0 Å². The molecule has 3 rings (SSSR count). The first-order chi connectivity index (χ1) is 12.1. The van der Waals surface area contributed by atoms with E-state index >= 15 is 0 Å². The van der Waals surface area contributed by atoms with Crippen molar-refractivity contribution < 1.29 is 8.42 Å². The Morgan fingerprint density at radius 3 is 2.16 bits per heavy atom. The number of sulfonamides is 1. The maximum atomic E-state index is 12.6. The second kappa shape index (κ2) is 7.72. The molecule has 0 amide bonds. The van der Waals surface area contributed by atoms with Crippen LogP contribution in [0.4, 0.5) is 5.82 Å². The second-order valence-corrected chi connectivity index (χ2v) is 6.93. The van der Waals surface area contributed by atoms with Gasteiger partial charge in [0.1, 0.15) is 11.7 Å². The van der Waals surface area contributed by atoms with Gasteiger partial charge >= 0.3 is 0 Å². The summed E-state index contributed by atoms with van der Waals surface area (Å²) in [7, 11) is -3.80. The highest BCUT2D eigenvalue weighted by molar-refractivity contribution is 7.90. The van der Waals surface area contributed by atoms with E-state index in [1.165, 1.54) is 12.1 Å². The fourth-order valence-corrected chi connectivity index (χ4v) is 3.27. The molecule has 5 nitrogen and oxygen atoms in total. The van der Waals surface area contributed by atoms with E-state index in [0.29, 0.717) is 18.1 Å². The number of nitrogens with one attached hydrogen (secondary N) is 1. The van der Waals surface area contributed by atoms with E-state index in [9.17, 15) is 8.42 Å². The van der Waals surface area contributed by atoms with Crippen molar-refractivity contribution in [2.45, 2.75) is 11.3 Å².